The monoisotopic (exact) mass is 304 g/mol. The molecule has 0 saturated heterocycles. The van der Waals surface area contributed by atoms with Gasteiger partial charge >= 0.3 is 11.9 Å². The first kappa shape index (κ1) is 14.9. The van der Waals surface area contributed by atoms with Gasteiger partial charge in [0.2, 0.25) is 0 Å². The number of carboxylic acid groups (broad SMARTS) is 1. The zero-order valence-corrected chi connectivity index (χ0v) is 11.9. The Bertz CT molecular complexity index is 679. The largest absolute Gasteiger partial charge is 0.507 e. The van der Waals surface area contributed by atoms with Crippen LogP contribution >= 0.6 is 11.8 Å². The number of hydrogen-bond acceptors (Lipinski definition) is 5. The van der Waals surface area contributed by atoms with Gasteiger partial charge in [-0.1, -0.05) is 11.8 Å². The van der Waals surface area contributed by atoms with E-state index in [2.05, 4.69) is 4.74 Å². The predicted molar refractivity (Wildman–Crippen MR) is 77.0 cm³/mol. The maximum absolute atomic E-state index is 11.4. The van der Waals surface area contributed by atoms with Crippen LogP contribution in [0.3, 0.4) is 0 Å². The van der Waals surface area contributed by atoms with E-state index in [0.717, 1.165) is 9.79 Å². The van der Waals surface area contributed by atoms with Gasteiger partial charge in [0.1, 0.15) is 11.3 Å². The maximum Gasteiger partial charge on any atom is 0.341 e. The molecular formula is C15H12O5S. The van der Waals surface area contributed by atoms with Crippen molar-refractivity contribution in [3.05, 3.63) is 53.6 Å². The Morgan fingerprint density at radius 2 is 1.67 bits per heavy atom. The molecule has 0 amide bonds. The fourth-order valence-electron chi connectivity index (χ4n) is 1.66. The Morgan fingerprint density at radius 1 is 1.05 bits per heavy atom. The van der Waals surface area contributed by atoms with Gasteiger partial charge in [-0.3, -0.25) is 0 Å². The van der Waals surface area contributed by atoms with E-state index in [4.69, 9.17) is 5.11 Å². The van der Waals surface area contributed by atoms with Crippen molar-refractivity contribution in [3.63, 3.8) is 0 Å². The van der Waals surface area contributed by atoms with E-state index in [-0.39, 0.29) is 16.9 Å². The third-order valence-corrected chi connectivity index (χ3v) is 3.71. The standard InChI is InChI=1S/C15H12O5S/c1-20-15(19)12-7-6-11(8-13(12)16)21-10-4-2-9(3-5-10)14(17)18/h2-8,16H,1H3,(H,17,18). The molecule has 0 aliphatic heterocycles. The Morgan fingerprint density at radius 3 is 2.19 bits per heavy atom. The second-order valence-corrected chi connectivity index (χ2v) is 5.25. The summed E-state index contributed by atoms with van der Waals surface area (Å²) in [6.45, 7) is 0. The molecule has 0 unspecified atom stereocenters. The molecule has 2 rings (SSSR count). The van der Waals surface area contributed by atoms with Crippen molar-refractivity contribution in [3.8, 4) is 5.75 Å². The molecule has 5 nitrogen and oxygen atoms in total. The summed E-state index contributed by atoms with van der Waals surface area (Å²) in [6.07, 6.45) is 0. The normalized spacial score (nSPS) is 10.1. The minimum absolute atomic E-state index is 0.100. The van der Waals surface area contributed by atoms with E-state index < -0.39 is 11.9 Å². The lowest BCUT2D eigenvalue weighted by atomic mass is 10.2. The van der Waals surface area contributed by atoms with Crippen LogP contribution in [-0.2, 0) is 4.74 Å². The number of esters is 1. The van der Waals surface area contributed by atoms with Crippen molar-refractivity contribution in [1.29, 1.82) is 0 Å². The van der Waals surface area contributed by atoms with Gasteiger partial charge < -0.3 is 14.9 Å². The quantitative estimate of drug-likeness (QED) is 0.845. The van der Waals surface area contributed by atoms with Crippen molar-refractivity contribution in [1.82, 2.24) is 0 Å². The summed E-state index contributed by atoms with van der Waals surface area (Å²) in [5, 5.41) is 18.6. The van der Waals surface area contributed by atoms with Gasteiger partial charge in [-0.15, -0.1) is 0 Å². The summed E-state index contributed by atoms with van der Waals surface area (Å²) in [4.78, 5) is 23.7. The molecule has 0 saturated carbocycles. The SMILES string of the molecule is COC(=O)c1ccc(Sc2ccc(C(=O)O)cc2)cc1O. The first-order valence-corrected chi connectivity index (χ1v) is 6.75. The van der Waals surface area contributed by atoms with Crippen LogP contribution in [0.1, 0.15) is 20.7 Å². The Balaban J connectivity index is 2.18. The van der Waals surface area contributed by atoms with E-state index in [1.54, 1.807) is 18.2 Å². The molecule has 0 atom stereocenters. The number of carbonyl (C=O) groups is 2. The number of methoxy groups -OCH3 is 1. The average molecular weight is 304 g/mol. The van der Waals surface area contributed by atoms with Gasteiger partial charge in [-0.2, -0.15) is 0 Å². The summed E-state index contributed by atoms with van der Waals surface area (Å²) in [5.41, 5.74) is 0.311. The average Bonchev–Trinajstić information content (AvgIpc) is 2.47. The molecule has 0 aliphatic carbocycles. The highest BCUT2D eigenvalue weighted by molar-refractivity contribution is 7.99. The van der Waals surface area contributed by atoms with Gasteiger partial charge in [-0.05, 0) is 42.5 Å². The molecule has 0 aliphatic rings. The van der Waals surface area contributed by atoms with Crippen LogP contribution in [0.25, 0.3) is 0 Å². The zero-order chi connectivity index (χ0) is 15.4. The minimum atomic E-state index is -0.980. The van der Waals surface area contributed by atoms with E-state index in [1.807, 2.05) is 0 Å². The molecule has 0 radical (unpaired) electrons. The molecular weight excluding hydrogens is 292 g/mol. The number of aromatic hydroxyl groups is 1. The van der Waals surface area contributed by atoms with E-state index >= 15 is 0 Å². The summed E-state index contributed by atoms with van der Waals surface area (Å²) >= 11 is 1.35. The number of carbonyl (C=O) groups excluding carboxylic acids is 1. The number of rotatable bonds is 4. The summed E-state index contributed by atoms with van der Waals surface area (Å²) in [5.74, 6) is -1.74. The summed E-state index contributed by atoms with van der Waals surface area (Å²) in [6, 6.07) is 11.0. The van der Waals surface area contributed by atoms with Crippen LogP contribution in [0.2, 0.25) is 0 Å². The number of aromatic carboxylic acids is 1. The maximum atomic E-state index is 11.4. The van der Waals surface area contributed by atoms with Crippen molar-refractivity contribution in [2.45, 2.75) is 9.79 Å². The topological polar surface area (TPSA) is 83.8 Å². The molecule has 6 heteroatoms. The van der Waals surface area contributed by atoms with Crippen molar-refractivity contribution < 1.29 is 24.5 Å². The van der Waals surface area contributed by atoms with Gasteiger partial charge in [0.05, 0.1) is 12.7 Å². The smallest absolute Gasteiger partial charge is 0.341 e. The minimum Gasteiger partial charge on any atom is -0.507 e. The van der Waals surface area contributed by atoms with Crippen molar-refractivity contribution >= 4 is 23.7 Å². The lowest BCUT2D eigenvalue weighted by Crippen LogP contribution is -2.01. The first-order valence-electron chi connectivity index (χ1n) is 5.94. The number of phenolic OH excluding ortho intramolecular Hbond substituents is 1. The first-order chi connectivity index (χ1) is 10.0. The molecule has 21 heavy (non-hydrogen) atoms. The van der Waals surface area contributed by atoms with Gasteiger partial charge in [0.15, 0.2) is 0 Å². The fourth-order valence-corrected chi connectivity index (χ4v) is 2.51. The van der Waals surface area contributed by atoms with Gasteiger partial charge in [0.25, 0.3) is 0 Å². The zero-order valence-electron chi connectivity index (χ0n) is 11.1. The highest BCUT2D eigenvalue weighted by atomic mass is 32.2. The van der Waals surface area contributed by atoms with Crippen LogP contribution < -0.4 is 0 Å². The molecule has 2 N–H and O–H groups in total. The van der Waals surface area contributed by atoms with Gasteiger partial charge in [-0.25, -0.2) is 9.59 Å². The summed E-state index contributed by atoms with van der Waals surface area (Å²) < 4.78 is 4.55. The highest BCUT2D eigenvalue weighted by Gasteiger charge is 2.12. The second-order valence-electron chi connectivity index (χ2n) is 4.10. The van der Waals surface area contributed by atoms with Crippen molar-refractivity contribution in [2.24, 2.45) is 0 Å². The molecule has 0 fully saturated rings. The van der Waals surface area contributed by atoms with Crippen molar-refractivity contribution in [2.75, 3.05) is 7.11 Å². The van der Waals surface area contributed by atoms with E-state index in [1.165, 1.54) is 43.1 Å². The second kappa shape index (κ2) is 6.32. The van der Waals surface area contributed by atoms with Crippen LogP contribution in [0.15, 0.2) is 52.3 Å². The fraction of sp³-hybridized carbons (Fsp3) is 0.0667. The predicted octanol–water partition coefficient (Wildman–Crippen LogP) is 3.03. The molecule has 2 aromatic carbocycles. The molecule has 0 aromatic heterocycles. The van der Waals surface area contributed by atoms with E-state index in [0.29, 0.717) is 0 Å². The number of ether oxygens (including phenoxy) is 1. The Hall–Kier alpha value is -2.47. The van der Waals surface area contributed by atoms with Crippen LogP contribution in [0.4, 0.5) is 0 Å². The number of hydrogen-bond donors (Lipinski definition) is 2. The number of phenols is 1. The molecule has 0 spiro atoms. The van der Waals surface area contributed by atoms with Crippen LogP contribution in [0, 0.1) is 0 Å². The third-order valence-electron chi connectivity index (χ3n) is 2.71. The Labute approximate surface area is 125 Å². The Kier molecular flexibility index (Phi) is 4.49. The molecule has 0 bridgehead atoms. The third kappa shape index (κ3) is 3.55. The van der Waals surface area contributed by atoms with Crippen LogP contribution in [0.5, 0.6) is 5.75 Å². The van der Waals surface area contributed by atoms with Gasteiger partial charge in [0, 0.05) is 9.79 Å². The molecule has 108 valence electrons. The lowest BCUT2D eigenvalue weighted by Gasteiger charge is -2.06. The number of carboxylic acids is 1. The molecule has 2 aromatic rings. The summed E-state index contributed by atoms with van der Waals surface area (Å²) in [7, 11) is 1.24. The lowest BCUT2D eigenvalue weighted by molar-refractivity contribution is 0.0596. The molecule has 0 heterocycles. The van der Waals surface area contributed by atoms with E-state index in [9.17, 15) is 14.7 Å². The highest BCUT2D eigenvalue weighted by Crippen LogP contribution is 2.31. The number of benzene rings is 2. The van der Waals surface area contributed by atoms with Crippen LogP contribution in [-0.4, -0.2) is 29.3 Å².